The number of fused-ring (bicyclic) bond motifs is 2. The van der Waals surface area contributed by atoms with Crippen LogP contribution < -0.4 is 5.32 Å². The van der Waals surface area contributed by atoms with Crippen LogP contribution in [0.3, 0.4) is 0 Å². The van der Waals surface area contributed by atoms with Gasteiger partial charge in [-0.15, -0.1) is 0 Å². The highest BCUT2D eigenvalue weighted by molar-refractivity contribution is 8.13. The first-order chi connectivity index (χ1) is 10.4. The highest BCUT2D eigenvalue weighted by Crippen LogP contribution is 2.35. The van der Waals surface area contributed by atoms with Crippen molar-refractivity contribution < 1.29 is 0 Å². The smallest absolute Gasteiger partial charge is 0.157 e. The van der Waals surface area contributed by atoms with Gasteiger partial charge >= 0.3 is 0 Å². The van der Waals surface area contributed by atoms with Gasteiger partial charge in [0.25, 0.3) is 0 Å². The maximum atomic E-state index is 5.10. The number of amidine groups is 1. The van der Waals surface area contributed by atoms with Gasteiger partial charge in [0.05, 0.1) is 6.04 Å². The standard InChI is InChI=1S/C18H24N2S/c1-3-9-15-13(6-1)8-5-11-17(15)20-18-19-16-10-4-2-7-14(16)12-21-18/h1,3,6,9,14,16-17H,2,4-5,7-8,10-12H2,(H,19,20). The summed E-state index contributed by atoms with van der Waals surface area (Å²) in [6, 6.07) is 9.95. The number of aryl methyl sites for hydroxylation is 1. The fourth-order valence-corrected chi connectivity index (χ4v) is 5.27. The summed E-state index contributed by atoms with van der Waals surface area (Å²) < 4.78 is 0. The molecular formula is C18H24N2S. The predicted molar refractivity (Wildman–Crippen MR) is 90.9 cm³/mol. The monoisotopic (exact) mass is 300 g/mol. The molecule has 2 nitrogen and oxygen atoms in total. The summed E-state index contributed by atoms with van der Waals surface area (Å²) >= 11 is 1.96. The molecule has 0 amide bonds. The van der Waals surface area contributed by atoms with Gasteiger partial charge in [-0.3, -0.25) is 4.99 Å². The number of aliphatic imine (C=N–C) groups is 1. The van der Waals surface area contributed by atoms with E-state index >= 15 is 0 Å². The Morgan fingerprint density at radius 3 is 2.95 bits per heavy atom. The molecule has 0 radical (unpaired) electrons. The number of hydrogen-bond acceptors (Lipinski definition) is 2. The van der Waals surface area contributed by atoms with E-state index in [1.54, 1.807) is 0 Å². The zero-order valence-corrected chi connectivity index (χ0v) is 13.4. The molecule has 2 aliphatic carbocycles. The maximum Gasteiger partial charge on any atom is 0.157 e. The summed E-state index contributed by atoms with van der Waals surface area (Å²) in [6.45, 7) is 0. The molecule has 112 valence electrons. The first kappa shape index (κ1) is 13.7. The third-order valence-electron chi connectivity index (χ3n) is 5.26. The summed E-state index contributed by atoms with van der Waals surface area (Å²) in [5.74, 6) is 2.14. The minimum atomic E-state index is 0.380. The van der Waals surface area contributed by atoms with Crippen molar-refractivity contribution in [3.8, 4) is 0 Å². The van der Waals surface area contributed by atoms with Gasteiger partial charge in [0.15, 0.2) is 5.17 Å². The number of hydrogen-bond donors (Lipinski definition) is 1. The van der Waals surface area contributed by atoms with E-state index in [0.717, 1.165) is 5.92 Å². The molecule has 21 heavy (non-hydrogen) atoms. The summed E-state index contributed by atoms with van der Waals surface area (Å²) in [5, 5.41) is 4.95. The van der Waals surface area contributed by atoms with Crippen molar-refractivity contribution >= 4 is 16.9 Å². The number of thioether (sulfide) groups is 1. The van der Waals surface area contributed by atoms with Gasteiger partial charge in [0, 0.05) is 11.8 Å². The average Bonchev–Trinajstić information content (AvgIpc) is 2.55. The molecule has 1 aromatic carbocycles. The number of rotatable bonds is 1. The summed E-state index contributed by atoms with van der Waals surface area (Å²) in [4.78, 5) is 5.10. The quantitative estimate of drug-likeness (QED) is 0.835. The predicted octanol–water partition coefficient (Wildman–Crippen LogP) is 4.32. The van der Waals surface area contributed by atoms with Gasteiger partial charge in [-0.2, -0.15) is 0 Å². The van der Waals surface area contributed by atoms with Crippen LogP contribution in [0, 0.1) is 5.92 Å². The lowest BCUT2D eigenvalue weighted by Gasteiger charge is -2.37. The summed E-state index contributed by atoms with van der Waals surface area (Å²) in [7, 11) is 0. The first-order valence-electron chi connectivity index (χ1n) is 8.45. The van der Waals surface area contributed by atoms with Gasteiger partial charge in [0.2, 0.25) is 0 Å². The van der Waals surface area contributed by atoms with E-state index in [4.69, 9.17) is 4.99 Å². The molecule has 1 heterocycles. The van der Waals surface area contributed by atoms with Crippen LogP contribution in [0.25, 0.3) is 0 Å². The summed E-state index contributed by atoms with van der Waals surface area (Å²) in [6.07, 6.45) is 9.26. The SMILES string of the molecule is c1ccc2c(c1)CCCC2N=C1NC2CCCCC2CS1. The van der Waals surface area contributed by atoms with E-state index in [9.17, 15) is 0 Å². The van der Waals surface area contributed by atoms with Crippen molar-refractivity contribution in [3.05, 3.63) is 35.4 Å². The fourth-order valence-electron chi connectivity index (χ4n) is 4.06. The zero-order valence-electron chi connectivity index (χ0n) is 12.6. The van der Waals surface area contributed by atoms with Gasteiger partial charge in [-0.25, -0.2) is 0 Å². The van der Waals surface area contributed by atoms with Crippen LogP contribution in [0.5, 0.6) is 0 Å². The first-order valence-corrected chi connectivity index (χ1v) is 9.43. The highest BCUT2D eigenvalue weighted by atomic mass is 32.2. The van der Waals surface area contributed by atoms with Crippen LogP contribution in [0.15, 0.2) is 29.3 Å². The van der Waals surface area contributed by atoms with Gasteiger partial charge < -0.3 is 5.32 Å². The van der Waals surface area contributed by atoms with E-state index in [-0.39, 0.29) is 0 Å². The van der Waals surface area contributed by atoms with E-state index in [0.29, 0.717) is 12.1 Å². The third-order valence-corrected chi connectivity index (χ3v) is 6.35. The Labute approximate surface area is 131 Å². The molecule has 1 aromatic rings. The van der Waals surface area contributed by atoms with E-state index in [1.807, 2.05) is 11.8 Å². The fraction of sp³-hybridized carbons (Fsp3) is 0.611. The average molecular weight is 300 g/mol. The zero-order chi connectivity index (χ0) is 14.1. The summed E-state index contributed by atoms with van der Waals surface area (Å²) in [5.41, 5.74) is 2.97. The lowest BCUT2D eigenvalue weighted by molar-refractivity contribution is 0.310. The van der Waals surface area contributed by atoms with E-state index in [2.05, 4.69) is 29.6 Å². The van der Waals surface area contributed by atoms with Gasteiger partial charge in [0.1, 0.15) is 0 Å². The van der Waals surface area contributed by atoms with Crippen LogP contribution in [0.2, 0.25) is 0 Å². The second-order valence-corrected chi connectivity index (χ2v) is 7.66. The van der Waals surface area contributed by atoms with E-state index in [1.165, 1.54) is 67.0 Å². The van der Waals surface area contributed by atoms with Crippen molar-refractivity contribution in [1.82, 2.24) is 5.32 Å². The molecule has 1 N–H and O–H groups in total. The molecule has 3 aliphatic rings. The molecule has 3 heteroatoms. The number of nitrogens with zero attached hydrogens (tertiary/aromatic N) is 1. The van der Waals surface area contributed by atoms with Crippen LogP contribution in [0.4, 0.5) is 0 Å². The van der Waals surface area contributed by atoms with E-state index < -0.39 is 0 Å². The second kappa shape index (κ2) is 6.04. The lowest BCUT2D eigenvalue weighted by Crippen LogP contribution is -2.46. The van der Waals surface area contributed by atoms with Crippen molar-refractivity contribution in [2.45, 2.75) is 57.0 Å². The molecule has 1 saturated carbocycles. The Bertz CT molecular complexity index is 540. The molecule has 2 fully saturated rings. The normalized spacial score (nSPS) is 33.9. The van der Waals surface area contributed by atoms with Crippen LogP contribution >= 0.6 is 11.8 Å². The Morgan fingerprint density at radius 2 is 1.95 bits per heavy atom. The van der Waals surface area contributed by atoms with Gasteiger partial charge in [-0.1, -0.05) is 48.9 Å². The topological polar surface area (TPSA) is 24.4 Å². The molecule has 0 aromatic heterocycles. The maximum absolute atomic E-state index is 5.10. The van der Waals surface area contributed by atoms with Crippen molar-refractivity contribution in [1.29, 1.82) is 0 Å². The Hall–Kier alpha value is -0.960. The van der Waals surface area contributed by atoms with Crippen LogP contribution in [0.1, 0.15) is 55.7 Å². The second-order valence-electron chi connectivity index (χ2n) is 6.65. The lowest BCUT2D eigenvalue weighted by atomic mass is 9.86. The third kappa shape index (κ3) is 2.85. The highest BCUT2D eigenvalue weighted by Gasteiger charge is 2.31. The molecule has 0 bridgehead atoms. The Kier molecular flexibility index (Phi) is 3.93. The van der Waals surface area contributed by atoms with Crippen LogP contribution in [-0.4, -0.2) is 17.0 Å². The molecular weight excluding hydrogens is 276 g/mol. The van der Waals surface area contributed by atoms with Crippen LogP contribution in [-0.2, 0) is 6.42 Å². The number of nitrogens with one attached hydrogen (secondary N) is 1. The molecule has 1 aliphatic heterocycles. The molecule has 3 atom stereocenters. The molecule has 4 rings (SSSR count). The minimum Gasteiger partial charge on any atom is -0.362 e. The van der Waals surface area contributed by atoms with Crippen molar-refractivity contribution in [2.24, 2.45) is 10.9 Å². The molecule has 1 saturated heterocycles. The molecule has 0 spiro atoms. The Morgan fingerprint density at radius 1 is 1.05 bits per heavy atom. The van der Waals surface area contributed by atoms with Gasteiger partial charge in [-0.05, 0) is 49.1 Å². The van der Waals surface area contributed by atoms with Crippen molar-refractivity contribution in [2.75, 3.05) is 5.75 Å². The largest absolute Gasteiger partial charge is 0.362 e. The van der Waals surface area contributed by atoms with Crippen molar-refractivity contribution in [3.63, 3.8) is 0 Å². The Balaban J connectivity index is 1.53. The minimum absolute atomic E-state index is 0.380. The number of benzene rings is 1. The molecule has 3 unspecified atom stereocenters.